The van der Waals surface area contributed by atoms with Crippen LogP contribution in [0.25, 0.3) is 5.41 Å². The van der Waals surface area contributed by atoms with E-state index < -0.39 is 17.6 Å². The molecule has 0 heterocycles. The van der Waals surface area contributed by atoms with Gasteiger partial charge in [0.1, 0.15) is 0 Å². The summed E-state index contributed by atoms with van der Waals surface area (Å²) < 4.78 is 0. The van der Waals surface area contributed by atoms with Crippen molar-refractivity contribution in [2.75, 3.05) is 5.32 Å². The molecule has 0 unspecified atom stereocenters. The second kappa shape index (κ2) is 7.81. The number of hydrogen-bond acceptors (Lipinski definition) is 4. The molecule has 0 aliphatic rings. The summed E-state index contributed by atoms with van der Waals surface area (Å²) in [7, 11) is 0. The lowest BCUT2D eigenvalue weighted by molar-refractivity contribution is -0.112. The number of aromatic carboxylic acids is 1. The Morgan fingerprint density at radius 1 is 1.12 bits per heavy atom. The first kappa shape index (κ1) is 17.8. The number of nitrogens with one attached hydrogen (secondary N) is 1. The van der Waals surface area contributed by atoms with Gasteiger partial charge in [0.2, 0.25) is 0 Å². The van der Waals surface area contributed by atoms with Crippen LogP contribution in [0, 0.1) is 13.8 Å². The molecule has 0 radical (unpaired) electrons. The Kier molecular flexibility index (Phi) is 5.55. The molecule has 0 atom stereocenters. The molecule has 0 fully saturated rings. The Morgan fingerprint density at radius 3 is 2.36 bits per heavy atom. The van der Waals surface area contributed by atoms with Gasteiger partial charge in [0.25, 0.3) is 5.91 Å². The number of carboxylic acids is 1. The number of benzene rings is 2. The van der Waals surface area contributed by atoms with Crippen LogP contribution in [0.15, 0.2) is 58.4 Å². The Labute approximate surface area is 144 Å². The molecular formula is C18H15N4O3-. The molecule has 7 nitrogen and oxygen atoms in total. The maximum absolute atomic E-state index is 12.1. The Balaban J connectivity index is 2.12. The second-order valence-corrected chi connectivity index (χ2v) is 5.28. The third-order valence-corrected chi connectivity index (χ3v) is 3.33. The van der Waals surface area contributed by atoms with Gasteiger partial charge in [-0.05, 0) is 49.7 Å². The molecule has 2 N–H and O–H groups in total. The number of carbonyl (C=O) groups excluding carboxylic acids is 1. The van der Waals surface area contributed by atoms with Crippen molar-refractivity contribution in [3.8, 4) is 0 Å². The van der Waals surface area contributed by atoms with Crippen molar-refractivity contribution in [3.05, 3.63) is 70.3 Å². The lowest BCUT2D eigenvalue weighted by Gasteiger charge is -2.08. The molecule has 0 aliphatic carbocycles. The van der Waals surface area contributed by atoms with Crippen molar-refractivity contribution in [1.82, 2.24) is 0 Å². The summed E-state index contributed by atoms with van der Waals surface area (Å²) in [5.74, 6) is -0.0184. The molecule has 0 aromatic heterocycles. The zero-order valence-electron chi connectivity index (χ0n) is 13.6. The van der Waals surface area contributed by atoms with E-state index in [4.69, 9.17) is 10.5 Å². The fraction of sp³-hybridized carbons (Fsp3) is 0.111. The lowest BCUT2D eigenvalue weighted by atomic mass is 10.1. The predicted octanol–water partition coefficient (Wildman–Crippen LogP) is 3.85. The number of rotatable bonds is 5. The summed E-state index contributed by atoms with van der Waals surface area (Å²) in [4.78, 5) is 22.9. The van der Waals surface area contributed by atoms with E-state index in [2.05, 4.69) is 15.5 Å². The van der Waals surface area contributed by atoms with Crippen LogP contribution in [0.5, 0.6) is 0 Å². The van der Waals surface area contributed by atoms with Crippen molar-refractivity contribution in [2.45, 2.75) is 13.8 Å². The number of aryl methyl sites for hydroxylation is 2. The lowest BCUT2D eigenvalue weighted by Crippen LogP contribution is -2.14. The molecule has 0 bridgehead atoms. The van der Waals surface area contributed by atoms with Gasteiger partial charge in [-0.2, -0.15) is 0 Å². The fourth-order valence-electron chi connectivity index (χ4n) is 2.03. The first-order chi connectivity index (χ1) is 11.9. The topological polar surface area (TPSA) is 113 Å². The van der Waals surface area contributed by atoms with Gasteiger partial charge in [0.05, 0.1) is 11.3 Å². The van der Waals surface area contributed by atoms with Gasteiger partial charge in [-0.3, -0.25) is 4.79 Å². The van der Waals surface area contributed by atoms with Crippen LogP contribution in [0.1, 0.15) is 21.5 Å². The number of anilines is 1. The van der Waals surface area contributed by atoms with Crippen molar-refractivity contribution in [2.24, 2.45) is 10.2 Å². The molecule has 2 aromatic carbocycles. The maximum atomic E-state index is 12.1. The van der Waals surface area contributed by atoms with E-state index in [-0.39, 0.29) is 5.56 Å². The molecule has 0 saturated heterocycles. The highest BCUT2D eigenvalue weighted by Gasteiger charge is 2.09. The van der Waals surface area contributed by atoms with Crippen LogP contribution in [-0.2, 0) is 4.79 Å². The highest BCUT2D eigenvalue weighted by Crippen LogP contribution is 2.18. The normalized spacial score (nSPS) is 10.3. The van der Waals surface area contributed by atoms with E-state index in [0.717, 1.165) is 11.1 Å². The zero-order chi connectivity index (χ0) is 18.4. The van der Waals surface area contributed by atoms with Gasteiger partial charge in [0, 0.05) is 5.69 Å². The molecule has 0 saturated carbocycles. The molecule has 25 heavy (non-hydrogen) atoms. The maximum Gasteiger partial charge on any atom is 0.335 e. The van der Waals surface area contributed by atoms with Gasteiger partial charge >= 0.3 is 5.97 Å². The average Bonchev–Trinajstić information content (AvgIpc) is 2.58. The molecule has 126 valence electrons. The van der Waals surface area contributed by atoms with Crippen LogP contribution in [0.4, 0.5) is 11.4 Å². The minimum absolute atomic E-state index is 0.107. The number of amides is 1. The molecule has 0 aliphatic heterocycles. The fourth-order valence-corrected chi connectivity index (χ4v) is 2.03. The average molecular weight is 335 g/mol. The molecule has 0 spiro atoms. The summed E-state index contributed by atoms with van der Waals surface area (Å²) in [6.07, 6.45) is 0. The molecule has 1 amide bonds. The van der Waals surface area contributed by atoms with Gasteiger partial charge in [-0.15, -0.1) is 10.2 Å². The van der Waals surface area contributed by atoms with Crippen molar-refractivity contribution in [1.29, 1.82) is 0 Å². The summed E-state index contributed by atoms with van der Waals surface area (Å²) >= 11 is 0. The summed E-state index contributed by atoms with van der Waals surface area (Å²) in [5.41, 5.74) is 2.55. The zero-order valence-corrected chi connectivity index (χ0v) is 13.6. The summed E-state index contributed by atoms with van der Waals surface area (Å²) in [6.45, 7) is 3.79. The number of carbonyl (C=O) groups is 2. The van der Waals surface area contributed by atoms with Crippen LogP contribution in [-0.4, -0.2) is 22.9 Å². The molecule has 2 aromatic rings. The van der Waals surface area contributed by atoms with Crippen molar-refractivity contribution >= 4 is 29.1 Å². The monoisotopic (exact) mass is 335 g/mol. The largest absolute Gasteiger partial charge is 0.761 e. The third-order valence-electron chi connectivity index (χ3n) is 3.33. The highest BCUT2D eigenvalue weighted by atomic mass is 16.4. The van der Waals surface area contributed by atoms with Crippen LogP contribution < -0.4 is 5.32 Å². The number of azo groups is 1. The second-order valence-electron chi connectivity index (χ2n) is 5.28. The smallest absolute Gasteiger partial charge is 0.335 e. The van der Waals surface area contributed by atoms with E-state index >= 15 is 0 Å². The number of nitrogens with zero attached hydrogens (tertiary/aromatic N) is 3. The van der Waals surface area contributed by atoms with Crippen LogP contribution in [0.2, 0.25) is 0 Å². The highest BCUT2D eigenvalue weighted by molar-refractivity contribution is 6.09. The first-order valence-corrected chi connectivity index (χ1v) is 7.31. The molecular weight excluding hydrogens is 320 g/mol. The molecule has 7 heteroatoms. The van der Waals surface area contributed by atoms with E-state index in [1.54, 1.807) is 11.9 Å². The third kappa shape index (κ3) is 4.70. The number of carboxylic acid groups (broad SMARTS) is 1. The van der Waals surface area contributed by atoms with E-state index in [1.165, 1.54) is 24.3 Å². The first-order valence-electron chi connectivity index (χ1n) is 7.31. The minimum Gasteiger partial charge on any atom is -0.761 e. The Bertz CT molecular complexity index is 895. The number of hydrogen-bond donors (Lipinski definition) is 2. The Morgan fingerprint density at radius 2 is 1.80 bits per heavy atom. The van der Waals surface area contributed by atoms with Crippen LogP contribution >= 0.6 is 0 Å². The Hall–Kier alpha value is -3.57. The van der Waals surface area contributed by atoms with E-state index in [0.29, 0.717) is 11.4 Å². The van der Waals surface area contributed by atoms with Crippen molar-refractivity contribution in [3.63, 3.8) is 0 Å². The summed E-state index contributed by atoms with van der Waals surface area (Å²) in [6, 6.07) is 11.1. The SMILES string of the molecule is Cc1ccc(NC(=O)C(=C=[N-])N=Nc2ccc(C(=O)O)cc2)c(C)c1. The van der Waals surface area contributed by atoms with E-state index in [1.807, 2.05) is 26.0 Å². The van der Waals surface area contributed by atoms with Crippen molar-refractivity contribution < 1.29 is 14.7 Å². The van der Waals surface area contributed by atoms with Gasteiger partial charge in [0.15, 0.2) is 5.70 Å². The standard InChI is InChI=1S/C18H15N4O3/c1-11-3-8-15(12(2)9-11)20-17(23)16(10-19)22-21-14-6-4-13(5-7-14)18(24)25/h3-9H,1-2H3,(H,20,23)(H,24,25)/q-1. The van der Waals surface area contributed by atoms with Gasteiger partial charge in [-0.25, -0.2) is 10.7 Å². The minimum atomic E-state index is -1.05. The van der Waals surface area contributed by atoms with Gasteiger partial charge < -0.3 is 15.8 Å². The van der Waals surface area contributed by atoms with E-state index in [9.17, 15) is 9.59 Å². The van der Waals surface area contributed by atoms with Crippen LogP contribution in [0.3, 0.4) is 0 Å². The van der Waals surface area contributed by atoms with Gasteiger partial charge in [-0.1, -0.05) is 17.7 Å². The summed E-state index contributed by atoms with van der Waals surface area (Å²) in [5, 5.41) is 28.0. The quantitative estimate of drug-likeness (QED) is 0.491. The predicted molar refractivity (Wildman–Crippen MR) is 94.3 cm³/mol. The molecule has 2 rings (SSSR count).